The van der Waals surface area contributed by atoms with Crippen LogP contribution in [0.2, 0.25) is 0 Å². The predicted molar refractivity (Wildman–Crippen MR) is 58.0 cm³/mol. The van der Waals surface area contributed by atoms with Gasteiger partial charge in [0.15, 0.2) is 3.92 Å². The maximum Gasteiger partial charge on any atom is 0.159 e. The van der Waals surface area contributed by atoms with Crippen LogP contribution in [0.3, 0.4) is 0 Å². The highest BCUT2D eigenvalue weighted by molar-refractivity contribution is 9.11. The molecule has 1 aromatic heterocycles. The first-order chi connectivity index (χ1) is 6.34. The van der Waals surface area contributed by atoms with Gasteiger partial charge in [-0.15, -0.1) is 11.3 Å². The Morgan fingerprint density at radius 2 is 2.31 bits per heavy atom. The molecule has 1 fully saturated rings. The molecule has 5 heteroatoms. The number of hydrogen-bond acceptors (Lipinski definition) is 4. The van der Waals surface area contributed by atoms with Gasteiger partial charge >= 0.3 is 0 Å². The molecule has 0 spiro atoms. The normalized spacial score (nSPS) is 19.2. The second-order valence-electron chi connectivity index (χ2n) is 3.11. The minimum Gasteiger partial charge on any atom is -0.314 e. The summed E-state index contributed by atoms with van der Waals surface area (Å²) in [6.07, 6.45) is 1.96. The average Bonchev–Trinajstić information content (AvgIpc) is 2.53. The molecule has 0 bridgehead atoms. The van der Waals surface area contributed by atoms with Crippen LogP contribution in [0.5, 0.6) is 0 Å². The van der Waals surface area contributed by atoms with E-state index in [2.05, 4.69) is 31.1 Å². The summed E-state index contributed by atoms with van der Waals surface area (Å²) in [6, 6.07) is 0. The van der Waals surface area contributed by atoms with Gasteiger partial charge in [0.1, 0.15) is 0 Å². The second kappa shape index (κ2) is 4.50. The molecule has 1 aliphatic rings. The molecule has 0 radical (unpaired) electrons. The monoisotopic (exact) mass is 261 g/mol. The van der Waals surface area contributed by atoms with Crippen molar-refractivity contribution in [3.8, 4) is 0 Å². The van der Waals surface area contributed by atoms with Crippen LogP contribution in [-0.2, 0) is 6.54 Å². The predicted octanol–water partition coefficient (Wildman–Crippen LogP) is 1.31. The Hall–Kier alpha value is 0.0300. The molecule has 0 amide bonds. The Kier molecular flexibility index (Phi) is 3.32. The van der Waals surface area contributed by atoms with Gasteiger partial charge in [-0.1, -0.05) is 0 Å². The van der Waals surface area contributed by atoms with Crippen LogP contribution < -0.4 is 5.32 Å². The lowest BCUT2D eigenvalue weighted by atomic mass is 10.3. The van der Waals surface area contributed by atoms with Crippen LogP contribution in [0, 0.1) is 0 Å². The summed E-state index contributed by atoms with van der Waals surface area (Å²) in [5, 5.41) is 3.34. The van der Waals surface area contributed by atoms with Crippen LogP contribution in [0.1, 0.15) is 4.88 Å². The smallest absolute Gasteiger partial charge is 0.159 e. The van der Waals surface area contributed by atoms with E-state index in [9.17, 15) is 0 Å². The standard InChI is InChI=1S/C8H12BrN3S/c9-8-11-5-7(13-8)6-12-3-1-10-2-4-12/h5,10H,1-4,6H2. The highest BCUT2D eigenvalue weighted by Crippen LogP contribution is 2.19. The maximum absolute atomic E-state index is 4.18. The molecule has 13 heavy (non-hydrogen) atoms. The van der Waals surface area contributed by atoms with Crippen LogP contribution in [0.4, 0.5) is 0 Å². The summed E-state index contributed by atoms with van der Waals surface area (Å²) >= 11 is 5.10. The molecule has 0 aliphatic carbocycles. The van der Waals surface area contributed by atoms with Crippen molar-refractivity contribution in [1.29, 1.82) is 0 Å². The van der Waals surface area contributed by atoms with Gasteiger partial charge in [-0.25, -0.2) is 4.98 Å². The summed E-state index contributed by atoms with van der Waals surface area (Å²) in [4.78, 5) is 7.97. The van der Waals surface area contributed by atoms with E-state index < -0.39 is 0 Å². The SMILES string of the molecule is Brc1ncc(CN2CCNCC2)s1. The molecule has 1 aromatic rings. The van der Waals surface area contributed by atoms with Gasteiger partial charge in [-0.2, -0.15) is 0 Å². The Morgan fingerprint density at radius 3 is 2.92 bits per heavy atom. The zero-order valence-electron chi connectivity index (χ0n) is 7.29. The Morgan fingerprint density at radius 1 is 1.54 bits per heavy atom. The molecule has 3 nitrogen and oxygen atoms in total. The number of nitrogens with one attached hydrogen (secondary N) is 1. The van der Waals surface area contributed by atoms with E-state index in [0.29, 0.717) is 0 Å². The maximum atomic E-state index is 4.18. The molecule has 0 aromatic carbocycles. The zero-order chi connectivity index (χ0) is 9.10. The van der Waals surface area contributed by atoms with Gasteiger partial charge in [-0.05, 0) is 15.9 Å². The van der Waals surface area contributed by atoms with E-state index in [0.717, 1.165) is 36.6 Å². The largest absolute Gasteiger partial charge is 0.314 e. The van der Waals surface area contributed by atoms with Crippen molar-refractivity contribution < 1.29 is 0 Å². The molecular formula is C8H12BrN3S. The first-order valence-corrected chi connectivity index (χ1v) is 5.99. The number of piperazine rings is 1. The van der Waals surface area contributed by atoms with Crippen molar-refractivity contribution in [3.05, 3.63) is 15.0 Å². The molecule has 72 valence electrons. The first kappa shape index (κ1) is 9.58. The topological polar surface area (TPSA) is 28.2 Å². The van der Waals surface area contributed by atoms with Crippen molar-refractivity contribution in [2.45, 2.75) is 6.54 Å². The van der Waals surface area contributed by atoms with Crippen molar-refractivity contribution in [3.63, 3.8) is 0 Å². The average molecular weight is 262 g/mol. The van der Waals surface area contributed by atoms with Crippen molar-refractivity contribution in [1.82, 2.24) is 15.2 Å². The molecule has 1 saturated heterocycles. The van der Waals surface area contributed by atoms with E-state index in [1.165, 1.54) is 4.88 Å². The lowest BCUT2D eigenvalue weighted by Crippen LogP contribution is -2.42. The molecule has 1 N–H and O–H groups in total. The van der Waals surface area contributed by atoms with E-state index in [-0.39, 0.29) is 0 Å². The van der Waals surface area contributed by atoms with Gasteiger partial charge in [0.05, 0.1) is 0 Å². The molecule has 0 unspecified atom stereocenters. The van der Waals surface area contributed by atoms with Gasteiger partial charge in [0, 0.05) is 43.8 Å². The summed E-state index contributed by atoms with van der Waals surface area (Å²) in [7, 11) is 0. The van der Waals surface area contributed by atoms with Crippen molar-refractivity contribution in [2.75, 3.05) is 26.2 Å². The Bertz CT molecular complexity index is 270. The number of nitrogens with zero attached hydrogens (tertiary/aromatic N) is 2. The number of aromatic nitrogens is 1. The minimum atomic E-state index is 0.984. The van der Waals surface area contributed by atoms with Gasteiger partial charge < -0.3 is 5.32 Å². The number of thiazole rings is 1. The van der Waals surface area contributed by atoms with Gasteiger partial charge in [0.2, 0.25) is 0 Å². The van der Waals surface area contributed by atoms with E-state index >= 15 is 0 Å². The first-order valence-electron chi connectivity index (χ1n) is 4.38. The van der Waals surface area contributed by atoms with Crippen LogP contribution in [0.25, 0.3) is 0 Å². The third-order valence-electron chi connectivity index (χ3n) is 2.11. The molecule has 0 atom stereocenters. The summed E-state index contributed by atoms with van der Waals surface area (Å²) < 4.78 is 0.984. The van der Waals surface area contributed by atoms with E-state index in [1.54, 1.807) is 11.3 Å². The third kappa shape index (κ3) is 2.74. The number of halogens is 1. The number of hydrogen-bond donors (Lipinski definition) is 1. The second-order valence-corrected chi connectivity index (χ2v) is 5.50. The van der Waals surface area contributed by atoms with Crippen LogP contribution >= 0.6 is 27.3 Å². The Labute approximate surface area is 90.3 Å². The lowest BCUT2D eigenvalue weighted by Gasteiger charge is -2.26. The summed E-state index contributed by atoms with van der Waals surface area (Å²) in [5.41, 5.74) is 0. The quantitative estimate of drug-likeness (QED) is 0.871. The fourth-order valence-electron chi connectivity index (χ4n) is 1.45. The lowest BCUT2D eigenvalue weighted by molar-refractivity contribution is 0.235. The molecule has 2 heterocycles. The summed E-state index contributed by atoms with van der Waals surface area (Å²) in [6.45, 7) is 5.57. The zero-order valence-corrected chi connectivity index (χ0v) is 9.70. The summed E-state index contributed by atoms with van der Waals surface area (Å²) in [5.74, 6) is 0. The van der Waals surface area contributed by atoms with Gasteiger partial charge in [-0.3, -0.25) is 4.90 Å². The van der Waals surface area contributed by atoms with E-state index in [4.69, 9.17) is 0 Å². The highest BCUT2D eigenvalue weighted by atomic mass is 79.9. The fourth-order valence-corrected chi connectivity index (χ4v) is 2.85. The van der Waals surface area contributed by atoms with E-state index in [1.807, 2.05) is 6.20 Å². The molecule has 2 rings (SSSR count). The molecular weight excluding hydrogens is 250 g/mol. The van der Waals surface area contributed by atoms with Crippen LogP contribution in [-0.4, -0.2) is 36.1 Å². The molecule has 0 saturated carbocycles. The third-order valence-corrected chi connectivity index (χ3v) is 3.58. The van der Waals surface area contributed by atoms with Gasteiger partial charge in [0.25, 0.3) is 0 Å². The fraction of sp³-hybridized carbons (Fsp3) is 0.625. The van der Waals surface area contributed by atoms with Crippen molar-refractivity contribution >= 4 is 27.3 Å². The minimum absolute atomic E-state index is 0.984. The highest BCUT2D eigenvalue weighted by Gasteiger charge is 2.10. The van der Waals surface area contributed by atoms with Crippen LogP contribution in [0.15, 0.2) is 10.1 Å². The number of rotatable bonds is 2. The van der Waals surface area contributed by atoms with Crippen molar-refractivity contribution in [2.24, 2.45) is 0 Å². The molecule has 1 aliphatic heterocycles. The Balaban J connectivity index is 1.89.